The molecule has 2 N–H and O–H groups in total. The number of nitrogens with two attached hydrogens (primary N) is 1. The van der Waals surface area contributed by atoms with Crippen molar-refractivity contribution in [2.24, 2.45) is 5.73 Å². The monoisotopic (exact) mass is 275 g/mol. The molecule has 0 spiro atoms. The molecule has 0 aliphatic rings. The molecule has 0 saturated heterocycles. The molecule has 0 aromatic heterocycles. The third-order valence-corrected chi connectivity index (χ3v) is 3.03. The van der Waals surface area contributed by atoms with Crippen LogP contribution in [0.3, 0.4) is 0 Å². The second kappa shape index (κ2) is 5.80. The number of hydrogen-bond acceptors (Lipinski definition) is 2. The molecule has 2 rings (SSSR count). The normalized spacial score (nSPS) is 10.2. The number of rotatable bonds is 4. The van der Waals surface area contributed by atoms with Crippen LogP contribution >= 0.6 is 12.2 Å². The molecule has 0 aliphatic carbocycles. The van der Waals surface area contributed by atoms with E-state index in [0.717, 1.165) is 16.9 Å². The van der Waals surface area contributed by atoms with Crippen molar-refractivity contribution in [2.75, 3.05) is 0 Å². The average molecular weight is 275 g/mol. The van der Waals surface area contributed by atoms with Gasteiger partial charge in [0.05, 0.1) is 0 Å². The summed E-state index contributed by atoms with van der Waals surface area (Å²) in [6.45, 7) is 2.27. The van der Waals surface area contributed by atoms with Gasteiger partial charge in [-0.15, -0.1) is 0 Å². The van der Waals surface area contributed by atoms with Crippen LogP contribution in [0.2, 0.25) is 0 Å². The topological polar surface area (TPSA) is 35.2 Å². The highest BCUT2D eigenvalue weighted by Gasteiger charge is 2.08. The maximum absolute atomic E-state index is 13.2. The summed E-state index contributed by atoms with van der Waals surface area (Å²) in [4.78, 5) is 0.169. The molecule has 0 heterocycles. The Morgan fingerprint density at radius 1 is 1.26 bits per heavy atom. The van der Waals surface area contributed by atoms with Crippen LogP contribution in [-0.2, 0) is 6.61 Å². The lowest BCUT2D eigenvalue weighted by Gasteiger charge is -2.12. The van der Waals surface area contributed by atoms with E-state index in [9.17, 15) is 4.39 Å². The largest absolute Gasteiger partial charge is 0.489 e. The minimum absolute atomic E-state index is 0.169. The van der Waals surface area contributed by atoms with Crippen molar-refractivity contribution in [3.8, 4) is 5.75 Å². The number of thiocarbonyl (C=S) groups is 1. The third-order valence-electron chi connectivity index (χ3n) is 2.81. The summed E-state index contributed by atoms with van der Waals surface area (Å²) in [6, 6.07) is 12.1. The van der Waals surface area contributed by atoms with Crippen LogP contribution in [0.25, 0.3) is 0 Å². The highest BCUT2D eigenvalue weighted by atomic mass is 32.1. The van der Waals surface area contributed by atoms with Crippen molar-refractivity contribution in [1.82, 2.24) is 0 Å². The number of halogens is 1. The van der Waals surface area contributed by atoms with Gasteiger partial charge in [0.2, 0.25) is 0 Å². The van der Waals surface area contributed by atoms with Gasteiger partial charge in [0.15, 0.2) is 0 Å². The van der Waals surface area contributed by atoms with Crippen LogP contribution in [0.5, 0.6) is 5.75 Å². The molecule has 2 aromatic rings. The first-order valence-corrected chi connectivity index (χ1v) is 6.25. The Kier molecular flexibility index (Phi) is 4.12. The van der Waals surface area contributed by atoms with E-state index in [4.69, 9.17) is 22.7 Å². The number of hydrogen-bond donors (Lipinski definition) is 1. The van der Waals surface area contributed by atoms with E-state index in [1.807, 2.05) is 31.2 Å². The molecule has 0 atom stereocenters. The molecule has 0 bridgehead atoms. The second-order valence-electron chi connectivity index (χ2n) is 4.22. The fraction of sp³-hybridized carbons (Fsp3) is 0.133. The Balaban J connectivity index is 2.20. The number of para-hydroxylation sites is 1. The van der Waals surface area contributed by atoms with Crippen molar-refractivity contribution in [1.29, 1.82) is 0 Å². The van der Waals surface area contributed by atoms with E-state index in [-0.39, 0.29) is 10.8 Å². The van der Waals surface area contributed by atoms with Gasteiger partial charge in [-0.3, -0.25) is 0 Å². The van der Waals surface area contributed by atoms with Gasteiger partial charge in [0.25, 0.3) is 0 Å². The highest BCUT2D eigenvalue weighted by Crippen LogP contribution is 2.19. The molecule has 0 saturated carbocycles. The summed E-state index contributed by atoms with van der Waals surface area (Å²) in [7, 11) is 0. The van der Waals surface area contributed by atoms with Crippen LogP contribution in [0.4, 0.5) is 4.39 Å². The van der Waals surface area contributed by atoms with Gasteiger partial charge in [-0.2, -0.15) is 0 Å². The lowest BCUT2D eigenvalue weighted by molar-refractivity contribution is 0.304. The van der Waals surface area contributed by atoms with Crippen molar-refractivity contribution in [3.05, 3.63) is 65.0 Å². The molecule has 0 unspecified atom stereocenters. The lowest BCUT2D eigenvalue weighted by Crippen LogP contribution is -2.14. The minimum atomic E-state index is -0.359. The van der Waals surface area contributed by atoms with Crippen LogP contribution < -0.4 is 10.5 Å². The Bertz CT molecular complexity index is 613. The van der Waals surface area contributed by atoms with E-state index in [2.05, 4.69) is 0 Å². The molecule has 0 aliphatic heterocycles. The summed E-state index contributed by atoms with van der Waals surface area (Å²) in [5, 5.41) is 0. The maximum Gasteiger partial charge on any atom is 0.123 e. The Hall–Kier alpha value is -1.94. The predicted molar refractivity (Wildman–Crippen MR) is 77.8 cm³/mol. The molecule has 0 amide bonds. The molecule has 4 heteroatoms. The van der Waals surface area contributed by atoms with Crippen molar-refractivity contribution < 1.29 is 9.13 Å². The molecular formula is C15H14FNOS. The Morgan fingerprint density at radius 2 is 2.00 bits per heavy atom. The fourth-order valence-corrected chi connectivity index (χ4v) is 1.97. The first-order chi connectivity index (χ1) is 9.08. The SMILES string of the molecule is Cc1ccccc1OCc1ccc(F)cc1C(N)=S. The van der Waals surface area contributed by atoms with Gasteiger partial charge in [0, 0.05) is 5.56 Å². The summed E-state index contributed by atoms with van der Waals surface area (Å²) in [5.41, 5.74) is 7.93. The smallest absolute Gasteiger partial charge is 0.123 e. The predicted octanol–water partition coefficient (Wildman–Crippen LogP) is 3.35. The molecular weight excluding hydrogens is 261 g/mol. The van der Waals surface area contributed by atoms with Gasteiger partial charge in [0.1, 0.15) is 23.2 Å². The summed E-state index contributed by atoms with van der Waals surface area (Å²) < 4.78 is 18.9. The standard InChI is InChI=1S/C15H14FNOS/c1-10-4-2-3-5-14(10)18-9-11-6-7-12(16)8-13(11)15(17)19/h2-8H,9H2,1H3,(H2,17,19). The zero-order chi connectivity index (χ0) is 13.8. The van der Waals surface area contributed by atoms with E-state index < -0.39 is 0 Å². The summed E-state index contributed by atoms with van der Waals surface area (Å²) in [6.07, 6.45) is 0. The highest BCUT2D eigenvalue weighted by molar-refractivity contribution is 7.80. The second-order valence-corrected chi connectivity index (χ2v) is 4.66. The van der Waals surface area contributed by atoms with E-state index in [1.54, 1.807) is 6.07 Å². The zero-order valence-electron chi connectivity index (χ0n) is 10.5. The van der Waals surface area contributed by atoms with Gasteiger partial charge in [-0.1, -0.05) is 36.5 Å². The molecule has 2 nitrogen and oxygen atoms in total. The summed E-state index contributed by atoms with van der Waals surface area (Å²) in [5.74, 6) is 0.433. The molecule has 2 aromatic carbocycles. The van der Waals surface area contributed by atoms with Crippen LogP contribution in [0.1, 0.15) is 16.7 Å². The fourth-order valence-electron chi connectivity index (χ4n) is 1.78. The van der Waals surface area contributed by atoms with Gasteiger partial charge in [-0.25, -0.2) is 4.39 Å². The molecule has 98 valence electrons. The number of ether oxygens (including phenoxy) is 1. The van der Waals surface area contributed by atoms with Crippen molar-refractivity contribution in [3.63, 3.8) is 0 Å². The summed E-state index contributed by atoms with van der Waals surface area (Å²) >= 11 is 4.92. The lowest BCUT2D eigenvalue weighted by atomic mass is 10.1. The van der Waals surface area contributed by atoms with Crippen LogP contribution in [0, 0.1) is 12.7 Å². The van der Waals surface area contributed by atoms with E-state index in [0.29, 0.717) is 12.2 Å². The first-order valence-electron chi connectivity index (χ1n) is 5.84. The molecule has 0 fully saturated rings. The average Bonchev–Trinajstić information content (AvgIpc) is 2.38. The van der Waals surface area contributed by atoms with Crippen LogP contribution in [-0.4, -0.2) is 4.99 Å². The number of benzene rings is 2. The Labute approximate surface area is 117 Å². The van der Waals surface area contributed by atoms with Crippen molar-refractivity contribution in [2.45, 2.75) is 13.5 Å². The van der Waals surface area contributed by atoms with E-state index >= 15 is 0 Å². The third kappa shape index (κ3) is 3.29. The van der Waals surface area contributed by atoms with Crippen molar-refractivity contribution >= 4 is 17.2 Å². The molecule has 0 radical (unpaired) electrons. The van der Waals surface area contributed by atoms with Gasteiger partial charge >= 0.3 is 0 Å². The first kappa shape index (κ1) is 13.5. The number of aryl methyl sites for hydroxylation is 1. The van der Waals surface area contributed by atoms with Gasteiger partial charge in [-0.05, 0) is 36.2 Å². The van der Waals surface area contributed by atoms with Crippen LogP contribution in [0.15, 0.2) is 42.5 Å². The zero-order valence-corrected chi connectivity index (χ0v) is 11.3. The molecule has 19 heavy (non-hydrogen) atoms. The minimum Gasteiger partial charge on any atom is -0.489 e. The Morgan fingerprint density at radius 3 is 2.68 bits per heavy atom. The van der Waals surface area contributed by atoms with E-state index in [1.165, 1.54) is 12.1 Å². The quantitative estimate of drug-likeness (QED) is 0.869. The van der Waals surface area contributed by atoms with Gasteiger partial charge < -0.3 is 10.5 Å². The maximum atomic E-state index is 13.2.